The fourth-order valence-corrected chi connectivity index (χ4v) is 1.88. The van der Waals surface area contributed by atoms with Crippen LogP contribution in [0, 0.1) is 5.82 Å². The van der Waals surface area contributed by atoms with Crippen molar-refractivity contribution in [3.05, 3.63) is 60.5 Å². The molecular weight excluding hydrogens is 215 g/mol. The van der Waals surface area contributed by atoms with E-state index >= 15 is 0 Å². The van der Waals surface area contributed by atoms with Crippen LogP contribution in [0.15, 0.2) is 54.7 Å². The highest BCUT2D eigenvalue weighted by Crippen LogP contribution is 2.26. The van der Waals surface area contributed by atoms with Crippen LogP contribution < -0.4 is 0 Å². The zero-order chi connectivity index (χ0) is 11.7. The third kappa shape index (κ3) is 1.76. The van der Waals surface area contributed by atoms with Crippen LogP contribution in [-0.4, -0.2) is 10.2 Å². The van der Waals surface area contributed by atoms with Gasteiger partial charge in [0.2, 0.25) is 0 Å². The zero-order valence-electron chi connectivity index (χ0n) is 8.97. The fourth-order valence-electron chi connectivity index (χ4n) is 1.88. The first-order chi connectivity index (χ1) is 8.34. The average Bonchev–Trinajstić information content (AvgIpc) is 2.39. The number of hydrogen-bond donors (Lipinski definition) is 0. The summed E-state index contributed by atoms with van der Waals surface area (Å²) in [6.45, 7) is 0. The molecule has 0 radical (unpaired) electrons. The molecule has 0 aliphatic rings. The molecule has 2 aromatic carbocycles. The molecule has 1 aromatic heterocycles. The van der Waals surface area contributed by atoms with E-state index in [4.69, 9.17) is 0 Å². The van der Waals surface area contributed by atoms with Gasteiger partial charge in [-0.1, -0.05) is 30.3 Å². The van der Waals surface area contributed by atoms with Crippen molar-refractivity contribution in [2.75, 3.05) is 0 Å². The Kier molecular flexibility index (Phi) is 2.29. The number of rotatable bonds is 1. The second-order valence-corrected chi connectivity index (χ2v) is 3.79. The second-order valence-electron chi connectivity index (χ2n) is 3.79. The molecule has 0 saturated carbocycles. The predicted octanol–water partition coefficient (Wildman–Crippen LogP) is 3.44. The van der Waals surface area contributed by atoms with Gasteiger partial charge < -0.3 is 0 Å². The van der Waals surface area contributed by atoms with Gasteiger partial charge in [0.15, 0.2) is 0 Å². The molecule has 82 valence electrons. The van der Waals surface area contributed by atoms with Gasteiger partial charge in [-0.25, -0.2) is 4.39 Å². The van der Waals surface area contributed by atoms with Crippen LogP contribution in [0.4, 0.5) is 4.39 Å². The maximum atomic E-state index is 13.3. The van der Waals surface area contributed by atoms with Crippen molar-refractivity contribution in [2.45, 2.75) is 0 Å². The summed E-state index contributed by atoms with van der Waals surface area (Å²) in [5, 5.41) is 8.72. The summed E-state index contributed by atoms with van der Waals surface area (Å²) in [5.41, 5.74) is 2.61. The summed E-state index contributed by atoms with van der Waals surface area (Å²) < 4.78 is 13.3. The molecule has 3 aromatic rings. The quantitative estimate of drug-likeness (QED) is 0.632. The molecule has 0 fully saturated rings. The highest BCUT2D eigenvalue weighted by Gasteiger charge is 2.05. The lowest BCUT2D eigenvalue weighted by Crippen LogP contribution is -1.88. The highest BCUT2D eigenvalue weighted by molar-refractivity contribution is 5.93. The van der Waals surface area contributed by atoms with Gasteiger partial charge in [-0.2, -0.15) is 10.2 Å². The summed E-state index contributed by atoms with van der Waals surface area (Å²) >= 11 is 0. The molecular formula is C14H9FN2. The second kappa shape index (κ2) is 3.94. The largest absolute Gasteiger partial charge is 0.207 e. The fraction of sp³-hybridized carbons (Fsp3) is 0. The van der Waals surface area contributed by atoms with Crippen LogP contribution >= 0.6 is 0 Å². The Hall–Kier alpha value is -2.29. The topological polar surface area (TPSA) is 25.8 Å². The van der Waals surface area contributed by atoms with Crippen molar-refractivity contribution in [1.29, 1.82) is 0 Å². The number of aromatic nitrogens is 2. The monoisotopic (exact) mass is 224 g/mol. The third-order valence-corrected chi connectivity index (χ3v) is 2.69. The first-order valence-corrected chi connectivity index (χ1v) is 5.31. The van der Waals surface area contributed by atoms with E-state index < -0.39 is 0 Å². The molecule has 0 aliphatic carbocycles. The lowest BCUT2D eigenvalue weighted by Gasteiger charge is -2.04. The van der Waals surface area contributed by atoms with Crippen molar-refractivity contribution >= 4 is 10.9 Å². The van der Waals surface area contributed by atoms with E-state index in [1.807, 2.05) is 30.3 Å². The Morgan fingerprint density at radius 1 is 0.941 bits per heavy atom. The van der Waals surface area contributed by atoms with Gasteiger partial charge >= 0.3 is 0 Å². The lowest BCUT2D eigenvalue weighted by atomic mass is 10.0. The van der Waals surface area contributed by atoms with Crippen LogP contribution in [0.3, 0.4) is 0 Å². The Labute approximate surface area is 97.7 Å². The van der Waals surface area contributed by atoms with Gasteiger partial charge in [-0.3, -0.25) is 0 Å². The molecule has 0 aliphatic heterocycles. The van der Waals surface area contributed by atoms with E-state index in [0.29, 0.717) is 5.52 Å². The minimum Gasteiger partial charge on any atom is -0.207 e. The minimum atomic E-state index is -0.261. The smallest absolute Gasteiger partial charge is 0.123 e. The molecule has 0 N–H and O–H groups in total. The molecule has 17 heavy (non-hydrogen) atoms. The average molecular weight is 224 g/mol. The Balaban J connectivity index is 2.33. The van der Waals surface area contributed by atoms with Crippen LogP contribution in [-0.2, 0) is 0 Å². The third-order valence-electron chi connectivity index (χ3n) is 2.69. The normalized spacial score (nSPS) is 10.6. The molecule has 0 saturated heterocycles. The summed E-state index contributed by atoms with van der Waals surface area (Å²) in [5.74, 6) is -0.261. The van der Waals surface area contributed by atoms with Crippen molar-refractivity contribution in [3.8, 4) is 11.1 Å². The maximum absolute atomic E-state index is 13.3. The maximum Gasteiger partial charge on any atom is 0.123 e. The highest BCUT2D eigenvalue weighted by atomic mass is 19.1. The molecule has 3 heteroatoms. The van der Waals surface area contributed by atoms with E-state index in [-0.39, 0.29) is 5.82 Å². The van der Waals surface area contributed by atoms with E-state index in [1.165, 1.54) is 12.1 Å². The van der Waals surface area contributed by atoms with Gasteiger partial charge in [0.05, 0.1) is 11.7 Å². The number of hydrogen-bond acceptors (Lipinski definition) is 2. The van der Waals surface area contributed by atoms with Crippen LogP contribution in [0.1, 0.15) is 0 Å². The van der Waals surface area contributed by atoms with Crippen LogP contribution in [0.5, 0.6) is 0 Å². The lowest BCUT2D eigenvalue weighted by molar-refractivity contribution is 0.629. The molecule has 1 heterocycles. The molecule has 0 spiro atoms. The van der Waals surface area contributed by atoms with E-state index in [9.17, 15) is 4.39 Å². The molecule has 0 bridgehead atoms. The molecule has 0 amide bonds. The van der Waals surface area contributed by atoms with Crippen LogP contribution in [0.2, 0.25) is 0 Å². The zero-order valence-corrected chi connectivity index (χ0v) is 8.97. The van der Waals surface area contributed by atoms with Crippen LogP contribution in [0.25, 0.3) is 22.0 Å². The molecule has 0 unspecified atom stereocenters. The Bertz CT molecular complexity index is 665. The summed E-state index contributed by atoms with van der Waals surface area (Å²) in [6.07, 6.45) is 1.66. The van der Waals surface area contributed by atoms with Gasteiger partial charge in [0.25, 0.3) is 0 Å². The van der Waals surface area contributed by atoms with Gasteiger partial charge in [-0.05, 0) is 23.8 Å². The number of nitrogens with zero attached hydrogens (tertiary/aromatic N) is 2. The minimum absolute atomic E-state index is 0.261. The Morgan fingerprint density at radius 2 is 1.76 bits per heavy atom. The first kappa shape index (κ1) is 9.90. The molecule has 2 nitrogen and oxygen atoms in total. The number of fused-ring (bicyclic) bond motifs is 1. The number of halogens is 1. The first-order valence-electron chi connectivity index (χ1n) is 5.31. The molecule has 3 rings (SSSR count). The van der Waals surface area contributed by atoms with Gasteiger partial charge in [0, 0.05) is 10.9 Å². The predicted molar refractivity (Wildman–Crippen MR) is 64.9 cm³/mol. The van der Waals surface area contributed by atoms with Gasteiger partial charge in [-0.15, -0.1) is 0 Å². The standard InChI is InChI=1S/C14H9FN2/c15-11-6-7-14-12(8-11)13(9-16-17-14)10-4-2-1-3-5-10/h1-9H. The summed E-state index contributed by atoms with van der Waals surface area (Å²) in [7, 11) is 0. The van der Waals surface area contributed by atoms with E-state index in [0.717, 1.165) is 16.5 Å². The SMILES string of the molecule is Fc1ccc2nncc(-c3ccccc3)c2c1. The summed E-state index contributed by atoms with van der Waals surface area (Å²) in [6, 6.07) is 14.3. The Morgan fingerprint density at radius 3 is 2.59 bits per heavy atom. The van der Waals surface area contributed by atoms with Crippen molar-refractivity contribution < 1.29 is 4.39 Å². The van der Waals surface area contributed by atoms with E-state index in [1.54, 1.807) is 12.3 Å². The van der Waals surface area contributed by atoms with Crippen molar-refractivity contribution in [3.63, 3.8) is 0 Å². The van der Waals surface area contributed by atoms with Crippen molar-refractivity contribution in [1.82, 2.24) is 10.2 Å². The molecule has 0 atom stereocenters. The summed E-state index contributed by atoms with van der Waals surface area (Å²) in [4.78, 5) is 0. The van der Waals surface area contributed by atoms with Crippen molar-refractivity contribution in [2.24, 2.45) is 0 Å². The van der Waals surface area contributed by atoms with E-state index in [2.05, 4.69) is 10.2 Å². The number of benzene rings is 2. The van der Waals surface area contributed by atoms with Gasteiger partial charge in [0.1, 0.15) is 5.82 Å².